The molecule has 0 radical (unpaired) electrons. The van der Waals surface area contributed by atoms with E-state index in [9.17, 15) is 9.59 Å². The van der Waals surface area contributed by atoms with Crippen molar-refractivity contribution in [3.8, 4) is 0 Å². The zero-order valence-corrected chi connectivity index (χ0v) is 10.2. The Morgan fingerprint density at radius 1 is 1.16 bits per heavy atom. The van der Waals surface area contributed by atoms with E-state index in [4.69, 9.17) is 0 Å². The first-order valence-corrected chi connectivity index (χ1v) is 5.46. The molecule has 2 aromatic heterocycles. The van der Waals surface area contributed by atoms with Crippen LogP contribution in [0.5, 0.6) is 0 Å². The molecule has 1 N–H and O–H groups in total. The maximum Gasteiger partial charge on any atom is 0.356 e. The molecule has 0 saturated heterocycles. The monoisotopic (exact) mass is 257 g/mol. The lowest BCUT2D eigenvalue weighted by Crippen LogP contribution is -2.13. The van der Waals surface area contributed by atoms with Crippen molar-refractivity contribution in [3.63, 3.8) is 0 Å². The van der Waals surface area contributed by atoms with Crippen molar-refractivity contribution in [2.45, 2.75) is 0 Å². The molecule has 1 amide bonds. The van der Waals surface area contributed by atoms with Gasteiger partial charge in [0.2, 0.25) is 0 Å². The topological polar surface area (TPSA) is 81.2 Å². The number of methoxy groups -OCH3 is 1. The average molecular weight is 257 g/mol. The quantitative estimate of drug-likeness (QED) is 0.843. The molecule has 6 nitrogen and oxygen atoms in total. The minimum absolute atomic E-state index is 0.156. The van der Waals surface area contributed by atoms with Gasteiger partial charge in [0, 0.05) is 24.3 Å². The van der Waals surface area contributed by atoms with Crippen molar-refractivity contribution < 1.29 is 14.3 Å². The smallest absolute Gasteiger partial charge is 0.356 e. The second-order valence-corrected chi connectivity index (χ2v) is 3.61. The summed E-state index contributed by atoms with van der Waals surface area (Å²) < 4.78 is 4.52. The number of nitrogens with one attached hydrogen (secondary N) is 1. The van der Waals surface area contributed by atoms with Crippen LogP contribution in [0.2, 0.25) is 0 Å². The van der Waals surface area contributed by atoms with Crippen LogP contribution in [0.25, 0.3) is 0 Å². The third-order valence-electron chi connectivity index (χ3n) is 2.36. The van der Waals surface area contributed by atoms with Crippen LogP contribution in [-0.4, -0.2) is 29.0 Å². The summed E-state index contributed by atoms with van der Waals surface area (Å²) in [7, 11) is 1.27. The third-order valence-corrected chi connectivity index (χ3v) is 2.36. The number of ether oxygens (including phenoxy) is 1. The van der Waals surface area contributed by atoms with E-state index in [1.165, 1.54) is 25.4 Å². The van der Waals surface area contributed by atoms with Crippen LogP contribution in [0, 0.1) is 0 Å². The van der Waals surface area contributed by atoms with E-state index in [0.29, 0.717) is 11.3 Å². The molecule has 0 aliphatic carbocycles. The molecule has 0 saturated carbocycles. The average Bonchev–Trinajstić information content (AvgIpc) is 2.47. The van der Waals surface area contributed by atoms with E-state index < -0.39 is 5.97 Å². The Morgan fingerprint density at radius 2 is 1.89 bits per heavy atom. The first kappa shape index (κ1) is 12.7. The largest absolute Gasteiger partial charge is 0.464 e. The van der Waals surface area contributed by atoms with Crippen molar-refractivity contribution in [1.29, 1.82) is 0 Å². The summed E-state index contributed by atoms with van der Waals surface area (Å²) in [5, 5.41) is 2.69. The van der Waals surface area contributed by atoms with E-state index >= 15 is 0 Å². The van der Waals surface area contributed by atoms with E-state index in [1.54, 1.807) is 24.5 Å². The first-order chi connectivity index (χ1) is 9.20. The number of carbonyl (C=O) groups is 2. The predicted octanol–water partition coefficient (Wildman–Crippen LogP) is 1.52. The molecule has 2 rings (SSSR count). The molecule has 0 bridgehead atoms. The standard InChI is InChI=1S/C13H11N3O3/c1-19-13(18)11-3-2-9(8-15-11)12(17)16-10-4-6-14-7-5-10/h2-8H,1H3,(H,14,16,17). The lowest BCUT2D eigenvalue weighted by atomic mass is 10.2. The predicted molar refractivity (Wildman–Crippen MR) is 67.8 cm³/mol. The summed E-state index contributed by atoms with van der Waals surface area (Å²) in [6.45, 7) is 0. The lowest BCUT2D eigenvalue weighted by molar-refractivity contribution is 0.0593. The van der Waals surface area contributed by atoms with Crippen LogP contribution in [0.3, 0.4) is 0 Å². The molecular weight excluding hydrogens is 246 g/mol. The molecule has 0 unspecified atom stereocenters. The molecule has 0 aliphatic rings. The highest BCUT2D eigenvalue weighted by molar-refractivity contribution is 6.04. The van der Waals surface area contributed by atoms with Crippen molar-refractivity contribution in [2.75, 3.05) is 12.4 Å². The van der Waals surface area contributed by atoms with Crippen LogP contribution in [0.15, 0.2) is 42.9 Å². The van der Waals surface area contributed by atoms with Gasteiger partial charge in [-0.05, 0) is 24.3 Å². The molecule has 0 atom stereocenters. The molecular formula is C13H11N3O3. The zero-order chi connectivity index (χ0) is 13.7. The highest BCUT2D eigenvalue weighted by atomic mass is 16.5. The van der Waals surface area contributed by atoms with Crippen molar-refractivity contribution in [3.05, 3.63) is 54.1 Å². The van der Waals surface area contributed by atoms with E-state index in [0.717, 1.165) is 0 Å². The third kappa shape index (κ3) is 3.12. The van der Waals surface area contributed by atoms with Gasteiger partial charge in [0.05, 0.1) is 12.7 Å². The van der Waals surface area contributed by atoms with Gasteiger partial charge >= 0.3 is 5.97 Å². The molecule has 0 aliphatic heterocycles. The zero-order valence-electron chi connectivity index (χ0n) is 10.2. The summed E-state index contributed by atoms with van der Waals surface area (Å²) in [5.41, 5.74) is 1.14. The fourth-order valence-corrected chi connectivity index (χ4v) is 1.39. The van der Waals surface area contributed by atoms with Crippen LogP contribution in [0.1, 0.15) is 20.8 Å². The van der Waals surface area contributed by atoms with E-state index in [2.05, 4.69) is 20.0 Å². The minimum Gasteiger partial charge on any atom is -0.464 e. The van der Waals surface area contributed by atoms with E-state index in [1.807, 2.05) is 0 Å². The first-order valence-electron chi connectivity index (χ1n) is 5.46. The number of rotatable bonds is 3. The Balaban J connectivity index is 2.10. The fraction of sp³-hybridized carbons (Fsp3) is 0.0769. The number of anilines is 1. The SMILES string of the molecule is COC(=O)c1ccc(C(=O)Nc2ccncc2)cn1. The van der Waals surface area contributed by atoms with Crippen LogP contribution >= 0.6 is 0 Å². The maximum absolute atomic E-state index is 11.9. The molecule has 0 fully saturated rings. The summed E-state index contributed by atoms with van der Waals surface area (Å²) in [6, 6.07) is 6.30. The normalized spacial score (nSPS) is 9.74. The molecule has 6 heteroatoms. The molecule has 96 valence electrons. The summed E-state index contributed by atoms with van der Waals surface area (Å²) >= 11 is 0. The van der Waals surface area contributed by atoms with Gasteiger partial charge < -0.3 is 10.1 Å². The second-order valence-electron chi connectivity index (χ2n) is 3.61. The van der Waals surface area contributed by atoms with Crippen LogP contribution < -0.4 is 5.32 Å². The number of carbonyl (C=O) groups excluding carboxylic acids is 2. The van der Waals surface area contributed by atoms with Gasteiger partial charge in [-0.15, -0.1) is 0 Å². The number of amides is 1. The second kappa shape index (κ2) is 5.72. The summed E-state index contributed by atoms with van der Waals surface area (Å²) in [6.07, 6.45) is 4.48. The van der Waals surface area contributed by atoms with Gasteiger partial charge in [-0.3, -0.25) is 9.78 Å². The Kier molecular flexibility index (Phi) is 3.82. The van der Waals surface area contributed by atoms with Crippen LogP contribution in [-0.2, 0) is 4.74 Å². The molecule has 2 heterocycles. The van der Waals surface area contributed by atoms with E-state index in [-0.39, 0.29) is 11.6 Å². The van der Waals surface area contributed by atoms with Gasteiger partial charge in [-0.25, -0.2) is 9.78 Å². The fourth-order valence-electron chi connectivity index (χ4n) is 1.39. The Bertz CT molecular complexity index is 582. The lowest BCUT2D eigenvalue weighted by Gasteiger charge is -2.04. The molecule has 2 aromatic rings. The number of aromatic nitrogens is 2. The van der Waals surface area contributed by atoms with Gasteiger partial charge in [0.15, 0.2) is 0 Å². The highest BCUT2D eigenvalue weighted by Gasteiger charge is 2.10. The van der Waals surface area contributed by atoms with Gasteiger partial charge in [-0.2, -0.15) is 0 Å². The summed E-state index contributed by atoms with van der Waals surface area (Å²) in [4.78, 5) is 30.8. The Morgan fingerprint density at radius 3 is 2.47 bits per heavy atom. The highest BCUT2D eigenvalue weighted by Crippen LogP contribution is 2.08. The van der Waals surface area contributed by atoms with Gasteiger partial charge in [-0.1, -0.05) is 0 Å². The van der Waals surface area contributed by atoms with Crippen LogP contribution in [0.4, 0.5) is 5.69 Å². The maximum atomic E-state index is 11.9. The Hall–Kier alpha value is -2.76. The van der Waals surface area contributed by atoms with Gasteiger partial charge in [0.25, 0.3) is 5.91 Å². The van der Waals surface area contributed by atoms with Crippen molar-refractivity contribution in [1.82, 2.24) is 9.97 Å². The number of pyridine rings is 2. The number of hydrogen-bond acceptors (Lipinski definition) is 5. The summed E-state index contributed by atoms with van der Waals surface area (Å²) in [5.74, 6) is -0.851. The van der Waals surface area contributed by atoms with Gasteiger partial charge in [0.1, 0.15) is 5.69 Å². The van der Waals surface area contributed by atoms with Crippen molar-refractivity contribution in [2.24, 2.45) is 0 Å². The number of hydrogen-bond donors (Lipinski definition) is 1. The minimum atomic E-state index is -0.541. The number of esters is 1. The molecule has 19 heavy (non-hydrogen) atoms. The number of nitrogens with zero attached hydrogens (tertiary/aromatic N) is 2. The Labute approximate surface area is 109 Å². The molecule has 0 aromatic carbocycles. The molecule has 0 spiro atoms. The van der Waals surface area contributed by atoms with Crippen molar-refractivity contribution >= 4 is 17.6 Å².